The molecule has 0 radical (unpaired) electrons. The molecule has 0 aliphatic carbocycles. The Kier molecular flexibility index (Phi) is 9.11. The number of hydrogen-bond donors (Lipinski definition) is 1. The van der Waals surface area contributed by atoms with Crippen molar-refractivity contribution in [2.45, 2.75) is 39.4 Å². The monoisotopic (exact) mass is 517 g/mol. The van der Waals surface area contributed by atoms with Crippen molar-refractivity contribution in [1.29, 1.82) is 0 Å². The Morgan fingerprint density at radius 1 is 1.06 bits per heavy atom. The summed E-state index contributed by atoms with van der Waals surface area (Å²) >= 11 is 12.2. The molecule has 2 aromatic rings. The number of sulfonamides is 1. The van der Waals surface area contributed by atoms with Crippen LogP contribution in [-0.4, -0.2) is 50.0 Å². The fraction of sp³-hybridized carbons (Fsp3) is 0.364. The third kappa shape index (κ3) is 7.06. The van der Waals surface area contributed by atoms with Crippen LogP contribution >= 0.6 is 23.2 Å². The van der Waals surface area contributed by atoms with Gasteiger partial charge < -0.3 is 10.2 Å². The first kappa shape index (κ1) is 26.9. The predicted molar refractivity (Wildman–Crippen MR) is 128 cm³/mol. The van der Waals surface area contributed by atoms with Gasteiger partial charge in [0.15, 0.2) is 0 Å². The summed E-state index contributed by atoms with van der Waals surface area (Å²) < 4.78 is 40.2. The van der Waals surface area contributed by atoms with Gasteiger partial charge in [-0.15, -0.1) is 0 Å². The Hall–Kier alpha value is -2.36. The Labute approximate surface area is 203 Å². The lowest BCUT2D eigenvalue weighted by Crippen LogP contribution is -2.52. The van der Waals surface area contributed by atoms with E-state index in [9.17, 15) is 22.4 Å². The second-order valence-corrected chi connectivity index (χ2v) is 10.5. The van der Waals surface area contributed by atoms with Crippen molar-refractivity contribution in [1.82, 2.24) is 10.2 Å². The average molecular weight is 518 g/mol. The number of nitrogens with zero attached hydrogens (tertiary/aromatic N) is 2. The summed E-state index contributed by atoms with van der Waals surface area (Å²) in [4.78, 5) is 27.1. The molecular formula is C22H26Cl2FN3O4S. The molecular weight excluding hydrogens is 492 g/mol. The van der Waals surface area contributed by atoms with Gasteiger partial charge in [-0.1, -0.05) is 47.5 Å². The molecule has 2 rings (SSSR count). The summed E-state index contributed by atoms with van der Waals surface area (Å²) in [5.74, 6) is -1.72. The third-order valence-corrected chi connectivity index (χ3v) is 6.71. The van der Waals surface area contributed by atoms with E-state index in [2.05, 4.69) is 5.32 Å². The minimum absolute atomic E-state index is 0.0187. The van der Waals surface area contributed by atoms with Crippen molar-refractivity contribution in [2.24, 2.45) is 0 Å². The first-order chi connectivity index (χ1) is 15.3. The molecule has 0 aromatic heterocycles. The summed E-state index contributed by atoms with van der Waals surface area (Å²) in [5, 5.41) is 2.79. The largest absolute Gasteiger partial charge is 0.352 e. The molecule has 0 spiro atoms. The highest BCUT2D eigenvalue weighted by Crippen LogP contribution is 2.33. The minimum Gasteiger partial charge on any atom is -0.352 e. The molecule has 0 heterocycles. The summed E-state index contributed by atoms with van der Waals surface area (Å²) in [6.45, 7) is 4.12. The van der Waals surface area contributed by atoms with E-state index in [-0.39, 0.29) is 33.9 Å². The van der Waals surface area contributed by atoms with Gasteiger partial charge in [-0.2, -0.15) is 0 Å². The van der Waals surface area contributed by atoms with Gasteiger partial charge >= 0.3 is 0 Å². The Bertz CT molecular complexity index is 1130. The molecule has 33 heavy (non-hydrogen) atoms. The zero-order chi connectivity index (χ0) is 24.9. The van der Waals surface area contributed by atoms with E-state index in [0.717, 1.165) is 15.5 Å². The van der Waals surface area contributed by atoms with E-state index in [1.807, 2.05) is 0 Å². The highest BCUT2D eigenvalue weighted by atomic mass is 35.5. The number of nitrogens with one attached hydrogen (secondary N) is 1. The number of halogens is 3. The van der Waals surface area contributed by atoms with Gasteiger partial charge in [-0.25, -0.2) is 12.8 Å². The highest BCUT2D eigenvalue weighted by molar-refractivity contribution is 7.92. The van der Waals surface area contributed by atoms with Crippen LogP contribution in [0, 0.1) is 5.82 Å². The molecule has 0 aliphatic rings. The van der Waals surface area contributed by atoms with Crippen molar-refractivity contribution >= 4 is 50.7 Å². The SMILES string of the molecule is CC(C)NC(=O)C(C)N(Cc1ccccc1F)C(=O)CN(c1cccc(Cl)c1Cl)S(C)(=O)=O. The minimum atomic E-state index is -3.96. The molecule has 1 unspecified atom stereocenters. The van der Waals surface area contributed by atoms with Gasteiger partial charge in [0, 0.05) is 18.2 Å². The summed E-state index contributed by atoms with van der Waals surface area (Å²) in [7, 11) is -3.96. The van der Waals surface area contributed by atoms with Crippen LogP contribution < -0.4 is 9.62 Å². The first-order valence-electron chi connectivity index (χ1n) is 10.1. The lowest BCUT2D eigenvalue weighted by atomic mass is 10.1. The number of anilines is 1. The second-order valence-electron chi connectivity index (χ2n) is 7.79. The molecule has 1 N–H and O–H groups in total. The number of benzene rings is 2. The van der Waals surface area contributed by atoms with Crippen LogP contribution in [0.5, 0.6) is 0 Å². The van der Waals surface area contributed by atoms with E-state index in [1.54, 1.807) is 19.9 Å². The van der Waals surface area contributed by atoms with Crippen molar-refractivity contribution in [3.63, 3.8) is 0 Å². The van der Waals surface area contributed by atoms with Gasteiger partial charge in [0.05, 0.1) is 22.0 Å². The average Bonchev–Trinajstić information content (AvgIpc) is 2.71. The number of amides is 2. The van der Waals surface area contributed by atoms with Crippen LogP contribution in [0.15, 0.2) is 42.5 Å². The van der Waals surface area contributed by atoms with E-state index in [0.29, 0.717) is 0 Å². The maximum absolute atomic E-state index is 14.3. The van der Waals surface area contributed by atoms with Gasteiger partial charge in [0.25, 0.3) is 0 Å². The molecule has 0 bridgehead atoms. The van der Waals surface area contributed by atoms with E-state index in [1.165, 1.54) is 43.3 Å². The van der Waals surface area contributed by atoms with E-state index >= 15 is 0 Å². The van der Waals surface area contributed by atoms with E-state index in [4.69, 9.17) is 23.2 Å². The van der Waals surface area contributed by atoms with E-state index < -0.39 is 40.2 Å². The van der Waals surface area contributed by atoms with Crippen molar-refractivity contribution in [2.75, 3.05) is 17.1 Å². The number of carbonyl (C=O) groups is 2. The molecule has 180 valence electrons. The molecule has 2 amide bonds. The standard InChI is InChI=1S/C22H26Cl2FN3O4S/c1-14(2)26-22(30)15(3)27(12-16-8-5-6-10-18(16)25)20(29)13-28(33(4,31)32)19-11-7-9-17(23)21(19)24/h5-11,14-15H,12-13H2,1-4H3,(H,26,30). The van der Waals surface area contributed by atoms with Crippen LogP contribution in [0.1, 0.15) is 26.3 Å². The Balaban J connectivity index is 2.45. The smallest absolute Gasteiger partial charge is 0.244 e. The molecule has 0 aliphatic heterocycles. The van der Waals surface area contributed by atoms with Crippen molar-refractivity contribution in [3.8, 4) is 0 Å². The molecule has 2 aromatic carbocycles. The molecule has 0 saturated heterocycles. The number of rotatable bonds is 9. The fourth-order valence-electron chi connectivity index (χ4n) is 3.08. The topological polar surface area (TPSA) is 86.8 Å². The van der Waals surface area contributed by atoms with Gasteiger partial charge in [-0.05, 0) is 39.0 Å². The third-order valence-electron chi connectivity index (χ3n) is 4.78. The second kappa shape index (κ2) is 11.2. The van der Waals surface area contributed by atoms with Gasteiger partial charge in [-0.3, -0.25) is 13.9 Å². The molecule has 7 nitrogen and oxygen atoms in total. The quantitative estimate of drug-likeness (QED) is 0.547. The zero-order valence-electron chi connectivity index (χ0n) is 18.7. The van der Waals surface area contributed by atoms with Crippen LogP contribution in [-0.2, 0) is 26.2 Å². The maximum Gasteiger partial charge on any atom is 0.244 e. The number of hydrogen-bond acceptors (Lipinski definition) is 4. The number of carbonyl (C=O) groups excluding carboxylic acids is 2. The highest BCUT2D eigenvalue weighted by Gasteiger charge is 2.31. The molecule has 11 heteroatoms. The van der Waals surface area contributed by atoms with Crippen LogP contribution in [0.3, 0.4) is 0 Å². The Morgan fingerprint density at radius 3 is 2.27 bits per heavy atom. The van der Waals surface area contributed by atoms with Crippen LogP contribution in [0.4, 0.5) is 10.1 Å². The molecule has 0 fully saturated rings. The zero-order valence-corrected chi connectivity index (χ0v) is 21.0. The lowest BCUT2D eigenvalue weighted by molar-refractivity contribution is -0.139. The predicted octanol–water partition coefficient (Wildman–Crippen LogP) is 3.84. The van der Waals surface area contributed by atoms with Crippen molar-refractivity contribution < 1.29 is 22.4 Å². The first-order valence-corrected chi connectivity index (χ1v) is 12.7. The maximum atomic E-state index is 14.3. The summed E-state index contributed by atoms with van der Waals surface area (Å²) in [6.07, 6.45) is 0.924. The summed E-state index contributed by atoms with van der Waals surface area (Å²) in [6, 6.07) is 9.05. The molecule has 0 saturated carbocycles. The normalized spacial score (nSPS) is 12.4. The summed E-state index contributed by atoms with van der Waals surface area (Å²) in [5.41, 5.74) is 0.201. The van der Waals surface area contributed by atoms with Gasteiger partial charge in [0.1, 0.15) is 18.4 Å². The van der Waals surface area contributed by atoms with Crippen LogP contribution in [0.25, 0.3) is 0 Å². The Morgan fingerprint density at radius 2 is 1.70 bits per heavy atom. The molecule has 1 atom stereocenters. The fourth-order valence-corrected chi connectivity index (χ4v) is 4.38. The van der Waals surface area contributed by atoms with Crippen LogP contribution in [0.2, 0.25) is 10.0 Å². The van der Waals surface area contributed by atoms with Gasteiger partial charge in [0.2, 0.25) is 21.8 Å². The lowest BCUT2D eigenvalue weighted by Gasteiger charge is -2.32. The van der Waals surface area contributed by atoms with Crippen molar-refractivity contribution in [3.05, 3.63) is 63.9 Å².